The van der Waals surface area contributed by atoms with Crippen molar-refractivity contribution in [1.29, 1.82) is 0 Å². The number of rotatable bonds is 2. The fraction of sp³-hybridized carbons (Fsp3) is 0.600. The molecule has 0 bridgehead atoms. The topological polar surface area (TPSA) is 29.0 Å². The number of halogens is 1. The van der Waals surface area contributed by atoms with Crippen LogP contribution in [0.25, 0.3) is 10.2 Å². The van der Waals surface area contributed by atoms with Crippen molar-refractivity contribution in [3.63, 3.8) is 0 Å². The van der Waals surface area contributed by atoms with Crippen LogP contribution in [0.3, 0.4) is 0 Å². The van der Waals surface area contributed by atoms with E-state index in [4.69, 9.17) is 11.6 Å². The summed E-state index contributed by atoms with van der Waals surface area (Å²) in [4.78, 5) is 13.7. The van der Waals surface area contributed by atoms with E-state index >= 15 is 0 Å². The second kappa shape index (κ2) is 5.86. The van der Waals surface area contributed by atoms with Crippen LogP contribution in [0, 0.1) is 5.92 Å². The number of hydrogen-bond acceptors (Lipinski definition) is 4. The van der Waals surface area contributed by atoms with E-state index in [-0.39, 0.29) is 0 Å². The average Bonchev–Trinajstić information content (AvgIpc) is 2.72. The molecule has 5 heteroatoms. The van der Waals surface area contributed by atoms with E-state index in [1.54, 1.807) is 11.3 Å². The minimum atomic E-state index is 0.370. The lowest BCUT2D eigenvalue weighted by Gasteiger charge is -2.22. The number of thiophene rings is 1. The lowest BCUT2D eigenvalue weighted by Crippen LogP contribution is -2.25. The summed E-state index contributed by atoms with van der Waals surface area (Å²) in [6, 6.07) is 2.24. The van der Waals surface area contributed by atoms with E-state index in [1.807, 2.05) is 0 Å². The normalized spacial score (nSPS) is 20.4. The molecule has 0 aromatic carbocycles. The molecule has 0 aliphatic carbocycles. The molecule has 0 N–H and O–H groups in total. The first kappa shape index (κ1) is 14.1. The van der Waals surface area contributed by atoms with Gasteiger partial charge in [0.15, 0.2) is 0 Å². The van der Waals surface area contributed by atoms with Crippen LogP contribution in [-0.4, -0.2) is 23.1 Å². The van der Waals surface area contributed by atoms with Crippen molar-refractivity contribution in [2.75, 3.05) is 18.0 Å². The Labute approximate surface area is 129 Å². The quantitative estimate of drug-likeness (QED) is 0.763. The second-order valence-electron chi connectivity index (χ2n) is 5.62. The molecule has 2 aromatic heterocycles. The molecule has 1 saturated heterocycles. The summed E-state index contributed by atoms with van der Waals surface area (Å²) in [6.45, 7) is 6.66. The van der Waals surface area contributed by atoms with Gasteiger partial charge in [0.2, 0.25) is 5.28 Å². The van der Waals surface area contributed by atoms with Gasteiger partial charge >= 0.3 is 0 Å². The largest absolute Gasteiger partial charge is 0.356 e. The van der Waals surface area contributed by atoms with Gasteiger partial charge in [-0.3, -0.25) is 0 Å². The highest BCUT2D eigenvalue weighted by molar-refractivity contribution is 7.18. The number of aryl methyl sites for hydroxylation is 1. The Morgan fingerprint density at radius 1 is 1.35 bits per heavy atom. The summed E-state index contributed by atoms with van der Waals surface area (Å²) in [5.74, 6) is 1.84. The summed E-state index contributed by atoms with van der Waals surface area (Å²) < 4.78 is 0. The maximum absolute atomic E-state index is 6.12. The molecule has 0 saturated carbocycles. The number of anilines is 1. The van der Waals surface area contributed by atoms with Gasteiger partial charge in [0.1, 0.15) is 10.6 Å². The number of nitrogens with zero attached hydrogens (tertiary/aromatic N) is 3. The van der Waals surface area contributed by atoms with Gasteiger partial charge in [0, 0.05) is 18.0 Å². The van der Waals surface area contributed by atoms with Gasteiger partial charge in [0.05, 0.1) is 5.39 Å². The van der Waals surface area contributed by atoms with Crippen LogP contribution in [0.4, 0.5) is 5.82 Å². The fourth-order valence-corrected chi connectivity index (χ4v) is 4.00. The molecule has 3 heterocycles. The predicted molar refractivity (Wildman–Crippen MR) is 87.0 cm³/mol. The molecule has 2 aromatic rings. The fourth-order valence-electron chi connectivity index (χ4n) is 2.82. The van der Waals surface area contributed by atoms with E-state index in [1.165, 1.54) is 29.5 Å². The van der Waals surface area contributed by atoms with E-state index in [0.29, 0.717) is 5.28 Å². The van der Waals surface area contributed by atoms with Crippen LogP contribution in [0.5, 0.6) is 0 Å². The molecule has 1 atom stereocenters. The maximum Gasteiger partial charge on any atom is 0.225 e. The molecule has 20 heavy (non-hydrogen) atoms. The lowest BCUT2D eigenvalue weighted by atomic mass is 10.0. The minimum absolute atomic E-state index is 0.370. The Kier molecular flexibility index (Phi) is 4.13. The zero-order valence-corrected chi connectivity index (χ0v) is 13.6. The van der Waals surface area contributed by atoms with Crippen molar-refractivity contribution < 1.29 is 0 Å². The highest BCUT2D eigenvalue weighted by Gasteiger charge is 2.19. The van der Waals surface area contributed by atoms with Crippen molar-refractivity contribution in [3.05, 3.63) is 16.2 Å². The molecular formula is C15H20ClN3S. The van der Waals surface area contributed by atoms with Crippen LogP contribution in [0.15, 0.2) is 6.07 Å². The Bertz CT molecular complexity index is 610. The molecule has 108 valence electrons. The van der Waals surface area contributed by atoms with Crippen LogP contribution in [0.2, 0.25) is 5.28 Å². The molecule has 3 rings (SSSR count). The van der Waals surface area contributed by atoms with Crippen LogP contribution in [-0.2, 0) is 6.42 Å². The number of hydrogen-bond donors (Lipinski definition) is 0. The molecule has 0 amide bonds. The summed E-state index contributed by atoms with van der Waals surface area (Å²) in [5, 5.41) is 1.54. The van der Waals surface area contributed by atoms with Crippen molar-refractivity contribution in [3.8, 4) is 0 Å². The van der Waals surface area contributed by atoms with Crippen molar-refractivity contribution in [2.24, 2.45) is 5.92 Å². The Morgan fingerprint density at radius 2 is 2.20 bits per heavy atom. The highest BCUT2D eigenvalue weighted by atomic mass is 35.5. The molecule has 1 aliphatic heterocycles. The monoisotopic (exact) mass is 309 g/mol. The minimum Gasteiger partial charge on any atom is -0.356 e. The summed E-state index contributed by atoms with van der Waals surface area (Å²) in [7, 11) is 0. The third kappa shape index (κ3) is 2.77. The first-order valence-corrected chi connectivity index (χ1v) is 8.57. The Hall–Kier alpha value is -0.870. The SMILES string of the molecule is CCc1cc2c(N3CCCC(C)CC3)nc(Cl)nc2s1. The number of aromatic nitrogens is 2. The van der Waals surface area contributed by atoms with Gasteiger partial charge in [-0.1, -0.05) is 13.8 Å². The molecule has 1 aliphatic rings. The molecule has 0 radical (unpaired) electrons. The molecular weight excluding hydrogens is 290 g/mol. The van der Waals surface area contributed by atoms with Gasteiger partial charge in [-0.15, -0.1) is 11.3 Å². The smallest absolute Gasteiger partial charge is 0.225 e. The zero-order chi connectivity index (χ0) is 14.1. The Balaban J connectivity index is 2.02. The molecule has 1 unspecified atom stereocenters. The average molecular weight is 310 g/mol. The number of fused-ring (bicyclic) bond motifs is 1. The van der Waals surface area contributed by atoms with E-state index in [0.717, 1.165) is 36.1 Å². The Morgan fingerprint density at radius 3 is 3.00 bits per heavy atom. The molecule has 3 nitrogen and oxygen atoms in total. The van der Waals surface area contributed by atoms with Crippen molar-refractivity contribution >= 4 is 39.0 Å². The summed E-state index contributed by atoms with van der Waals surface area (Å²) in [6.07, 6.45) is 4.81. The first-order chi connectivity index (χ1) is 9.67. The van der Waals surface area contributed by atoms with Gasteiger partial charge in [-0.25, -0.2) is 4.98 Å². The molecule has 1 fully saturated rings. The van der Waals surface area contributed by atoms with Gasteiger partial charge in [0.25, 0.3) is 0 Å². The van der Waals surface area contributed by atoms with Crippen LogP contribution in [0.1, 0.15) is 38.0 Å². The van der Waals surface area contributed by atoms with Gasteiger partial charge in [-0.2, -0.15) is 4.98 Å². The highest BCUT2D eigenvalue weighted by Crippen LogP contribution is 2.33. The third-order valence-corrected chi connectivity index (χ3v) is 5.40. The van der Waals surface area contributed by atoms with Crippen LogP contribution >= 0.6 is 22.9 Å². The van der Waals surface area contributed by atoms with E-state index in [9.17, 15) is 0 Å². The van der Waals surface area contributed by atoms with Crippen LogP contribution < -0.4 is 4.90 Å². The van der Waals surface area contributed by atoms with Crippen molar-refractivity contribution in [2.45, 2.75) is 39.5 Å². The standard InChI is InChI=1S/C15H20ClN3S/c1-3-11-9-12-13(17-15(16)18-14(12)20-11)19-7-4-5-10(2)6-8-19/h9-10H,3-8H2,1-2H3. The second-order valence-corrected chi connectivity index (χ2v) is 7.08. The predicted octanol–water partition coefficient (Wildman–Crippen LogP) is 4.53. The molecule has 0 spiro atoms. The lowest BCUT2D eigenvalue weighted by molar-refractivity contribution is 0.521. The van der Waals surface area contributed by atoms with Crippen molar-refractivity contribution in [1.82, 2.24) is 9.97 Å². The van der Waals surface area contributed by atoms with E-state index < -0.39 is 0 Å². The summed E-state index contributed by atoms with van der Waals surface area (Å²) >= 11 is 7.86. The summed E-state index contributed by atoms with van der Waals surface area (Å²) in [5.41, 5.74) is 0. The van der Waals surface area contributed by atoms with E-state index in [2.05, 4.69) is 34.8 Å². The third-order valence-electron chi connectivity index (χ3n) is 4.06. The van der Waals surface area contributed by atoms with Gasteiger partial charge in [-0.05, 0) is 49.3 Å². The maximum atomic E-state index is 6.12. The van der Waals surface area contributed by atoms with Gasteiger partial charge < -0.3 is 4.90 Å². The zero-order valence-electron chi connectivity index (χ0n) is 12.0. The first-order valence-electron chi connectivity index (χ1n) is 7.38.